The molecule has 3 heterocycles. The lowest BCUT2D eigenvalue weighted by atomic mass is 9.99. The Bertz CT molecular complexity index is 3400. The van der Waals surface area contributed by atoms with Crippen LogP contribution >= 0.6 is 0 Å². The number of hydrogen-bond acceptors (Lipinski definition) is 2. The fraction of sp³-hybridized carbons (Fsp3) is 0. The molecule has 55 heavy (non-hydrogen) atoms. The first-order chi connectivity index (χ1) is 27.2. The van der Waals surface area contributed by atoms with Crippen molar-refractivity contribution in [2.75, 3.05) is 0 Å². The van der Waals surface area contributed by atoms with Crippen LogP contribution in [0.2, 0.25) is 0 Å². The molecule has 0 fully saturated rings. The number of benzene rings is 8. The third kappa shape index (κ3) is 4.39. The van der Waals surface area contributed by atoms with Crippen molar-refractivity contribution in [2.24, 2.45) is 0 Å². The number of hydrogen-bond donors (Lipinski definition) is 0. The SMILES string of the molecule is N#Cc1ccc2c(c1)c1ccccc1n2-c1cccc2c3ccccc3n(-c3ccc(-c4cccc(C#N)c4-n4c5ccccc5c5ccccc54)cc3)c12. The smallest absolute Gasteiger partial charge is 0.101 e. The number of rotatable bonds is 4. The van der Waals surface area contributed by atoms with Gasteiger partial charge in [0.25, 0.3) is 0 Å². The minimum atomic E-state index is 0.619. The summed E-state index contributed by atoms with van der Waals surface area (Å²) in [5, 5.41) is 27.1. The zero-order valence-corrected chi connectivity index (χ0v) is 29.5. The van der Waals surface area contributed by atoms with E-state index in [4.69, 9.17) is 0 Å². The summed E-state index contributed by atoms with van der Waals surface area (Å²) in [6.45, 7) is 0. The van der Waals surface area contributed by atoms with Gasteiger partial charge in [0.15, 0.2) is 0 Å². The second kappa shape index (κ2) is 11.8. The molecule has 0 saturated carbocycles. The van der Waals surface area contributed by atoms with Crippen molar-refractivity contribution >= 4 is 65.4 Å². The Morgan fingerprint density at radius 2 is 0.909 bits per heavy atom. The molecule has 0 bridgehead atoms. The predicted molar refractivity (Wildman–Crippen MR) is 224 cm³/mol. The van der Waals surface area contributed by atoms with Crippen molar-refractivity contribution in [2.45, 2.75) is 0 Å². The largest absolute Gasteiger partial charge is 0.307 e. The molecule has 0 amide bonds. The first-order valence-corrected chi connectivity index (χ1v) is 18.3. The lowest BCUT2D eigenvalue weighted by Gasteiger charge is -2.17. The lowest BCUT2D eigenvalue weighted by molar-refractivity contribution is 1.13. The third-order valence-electron chi connectivity index (χ3n) is 11.1. The Kier molecular flexibility index (Phi) is 6.61. The maximum Gasteiger partial charge on any atom is 0.101 e. The average Bonchev–Trinajstić information content (AvgIpc) is 3.89. The summed E-state index contributed by atoms with van der Waals surface area (Å²) in [6.07, 6.45) is 0. The van der Waals surface area contributed by atoms with Gasteiger partial charge in [0.1, 0.15) is 6.07 Å². The van der Waals surface area contributed by atoms with Crippen LogP contribution in [0.3, 0.4) is 0 Å². The minimum Gasteiger partial charge on any atom is -0.307 e. The van der Waals surface area contributed by atoms with Crippen LogP contribution in [0.25, 0.3) is 93.6 Å². The number of aromatic nitrogens is 3. The molecule has 0 aliphatic heterocycles. The average molecular weight is 700 g/mol. The zero-order chi connectivity index (χ0) is 36.6. The van der Waals surface area contributed by atoms with Gasteiger partial charge in [0.2, 0.25) is 0 Å². The predicted octanol–water partition coefficient (Wildman–Crippen LogP) is 12.4. The molecule has 5 nitrogen and oxygen atoms in total. The number of para-hydroxylation sites is 6. The van der Waals surface area contributed by atoms with E-state index in [1.54, 1.807) is 0 Å². The van der Waals surface area contributed by atoms with E-state index >= 15 is 0 Å². The highest BCUT2D eigenvalue weighted by molar-refractivity contribution is 6.15. The molecule has 0 saturated heterocycles. The summed E-state index contributed by atoms with van der Waals surface area (Å²) in [5.74, 6) is 0. The molecule has 5 heteroatoms. The Hall–Kier alpha value is -7.86. The molecular weight excluding hydrogens is 671 g/mol. The number of fused-ring (bicyclic) bond motifs is 9. The fourth-order valence-corrected chi connectivity index (χ4v) is 8.81. The lowest BCUT2D eigenvalue weighted by Crippen LogP contribution is -2.02. The fourth-order valence-electron chi connectivity index (χ4n) is 8.81. The first kappa shape index (κ1) is 30.7. The van der Waals surface area contributed by atoms with Crippen LogP contribution in [0.4, 0.5) is 0 Å². The molecule has 0 spiro atoms. The van der Waals surface area contributed by atoms with Crippen LogP contribution in [0, 0.1) is 22.7 Å². The van der Waals surface area contributed by atoms with E-state index in [-0.39, 0.29) is 0 Å². The molecule has 0 atom stereocenters. The Balaban J connectivity index is 1.15. The zero-order valence-electron chi connectivity index (χ0n) is 29.5. The van der Waals surface area contributed by atoms with Crippen molar-refractivity contribution in [3.8, 4) is 40.3 Å². The van der Waals surface area contributed by atoms with Gasteiger partial charge >= 0.3 is 0 Å². The summed E-state index contributed by atoms with van der Waals surface area (Å²) >= 11 is 0. The number of nitriles is 2. The van der Waals surface area contributed by atoms with Crippen molar-refractivity contribution in [1.82, 2.24) is 13.7 Å². The summed E-state index contributed by atoms with van der Waals surface area (Å²) in [6, 6.07) is 65.9. The van der Waals surface area contributed by atoms with Gasteiger partial charge < -0.3 is 13.7 Å². The molecule has 0 aliphatic rings. The second-order valence-corrected chi connectivity index (χ2v) is 14.0. The van der Waals surface area contributed by atoms with Gasteiger partial charge in [0, 0.05) is 43.6 Å². The van der Waals surface area contributed by atoms with Crippen LogP contribution in [0.5, 0.6) is 0 Å². The topological polar surface area (TPSA) is 62.4 Å². The molecule has 11 rings (SSSR count). The van der Waals surface area contributed by atoms with Crippen LogP contribution in [0.15, 0.2) is 176 Å². The molecule has 254 valence electrons. The summed E-state index contributed by atoms with van der Waals surface area (Å²) in [4.78, 5) is 0. The van der Waals surface area contributed by atoms with Crippen LogP contribution in [-0.4, -0.2) is 13.7 Å². The molecular formula is C50H29N5. The van der Waals surface area contributed by atoms with Crippen LogP contribution in [0.1, 0.15) is 11.1 Å². The highest BCUT2D eigenvalue weighted by Gasteiger charge is 2.22. The molecule has 0 unspecified atom stereocenters. The summed E-state index contributed by atoms with van der Waals surface area (Å²) in [5.41, 5.74) is 12.7. The maximum atomic E-state index is 10.5. The Labute approximate surface area is 316 Å². The molecule has 0 radical (unpaired) electrons. The Morgan fingerprint density at radius 1 is 0.382 bits per heavy atom. The maximum absolute atomic E-state index is 10.5. The molecule has 8 aromatic carbocycles. The summed E-state index contributed by atoms with van der Waals surface area (Å²) < 4.78 is 6.95. The molecule has 0 aliphatic carbocycles. The van der Waals surface area contributed by atoms with Gasteiger partial charge in [-0.2, -0.15) is 10.5 Å². The van der Waals surface area contributed by atoms with Gasteiger partial charge in [-0.05, 0) is 72.3 Å². The molecule has 3 aromatic heterocycles. The van der Waals surface area contributed by atoms with E-state index in [1.165, 1.54) is 5.39 Å². The highest BCUT2D eigenvalue weighted by Crippen LogP contribution is 2.41. The van der Waals surface area contributed by atoms with Crippen molar-refractivity contribution in [3.63, 3.8) is 0 Å². The van der Waals surface area contributed by atoms with Gasteiger partial charge in [0.05, 0.1) is 61.7 Å². The Morgan fingerprint density at radius 3 is 1.55 bits per heavy atom. The van der Waals surface area contributed by atoms with E-state index in [1.807, 2.05) is 24.3 Å². The van der Waals surface area contributed by atoms with Gasteiger partial charge in [-0.15, -0.1) is 0 Å². The van der Waals surface area contributed by atoms with E-state index < -0.39 is 0 Å². The van der Waals surface area contributed by atoms with E-state index in [0.717, 1.165) is 88.2 Å². The van der Waals surface area contributed by atoms with Gasteiger partial charge in [-0.3, -0.25) is 0 Å². The molecule has 11 aromatic rings. The summed E-state index contributed by atoms with van der Waals surface area (Å²) in [7, 11) is 0. The quantitative estimate of drug-likeness (QED) is 0.184. The van der Waals surface area contributed by atoms with Crippen LogP contribution < -0.4 is 0 Å². The normalized spacial score (nSPS) is 11.6. The second-order valence-electron chi connectivity index (χ2n) is 14.0. The van der Waals surface area contributed by atoms with Gasteiger partial charge in [-0.1, -0.05) is 109 Å². The number of nitrogens with zero attached hydrogens (tertiary/aromatic N) is 5. The van der Waals surface area contributed by atoms with E-state index in [9.17, 15) is 10.5 Å². The molecule has 0 N–H and O–H groups in total. The minimum absolute atomic E-state index is 0.619. The van der Waals surface area contributed by atoms with E-state index in [0.29, 0.717) is 11.1 Å². The third-order valence-corrected chi connectivity index (χ3v) is 11.1. The first-order valence-electron chi connectivity index (χ1n) is 18.3. The van der Waals surface area contributed by atoms with Gasteiger partial charge in [-0.25, -0.2) is 0 Å². The van der Waals surface area contributed by atoms with Crippen LogP contribution in [-0.2, 0) is 0 Å². The van der Waals surface area contributed by atoms with Crippen molar-refractivity contribution < 1.29 is 0 Å². The monoisotopic (exact) mass is 699 g/mol. The van der Waals surface area contributed by atoms with Crippen molar-refractivity contribution in [1.29, 1.82) is 10.5 Å². The standard InChI is InChI=1S/C50H29N5/c51-30-32-23-28-47-42(29-32)40-15-4-6-19-44(40)54(47)48-22-10-17-41-39-14-3-5-18-43(39)53(50(41)48)35-26-24-33(25-27-35)36-16-9-11-34(31-52)49(36)55-45-20-7-1-12-37(45)38-13-2-8-21-46(38)55/h1-29H. The van der Waals surface area contributed by atoms with Crippen molar-refractivity contribution in [3.05, 3.63) is 187 Å². The van der Waals surface area contributed by atoms with E-state index in [2.05, 4.69) is 177 Å². The highest BCUT2D eigenvalue weighted by atomic mass is 15.1.